The second-order valence-corrected chi connectivity index (χ2v) is 8.77. The van der Waals surface area contributed by atoms with Gasteiger partial charge in [0.15, 0.2) is 5.13 Å². The minimum atomic E-state index is -0.0525. The number of anilines is 2. The number of hydrogen-bond donors (Lipinski definition) is 1. The predicted octanol–water partition coefficient (Wildman–Crippen LogP) is 5.97. The molecular weight excluding hydrogens is 438 g/mol. The van der Waals surface area contributed by atoms with Crippen molar-refractivity contribution in [3.63, 3.8) is 0 Å². The maximum Gasteiger partial charge on any atom is 0.230 e. The lowest BCUT2D eigenvalue weighted by Gasteiger charge is -2.20. The van der Waals surface area contributed by atoms with Crippen molar-refractivity contribution in [3.8, 4) is 0 Å². The molecule has 0 aliphatic heterocycles. The fourth-order valence-corrected chi connectivity index (χ4v) is 4.86. The lowest BCUT2D eigenvalue weighted by Crippen LogP contribution is -2.23. The number of aryl methyl sites for hydroxylation is 1. The second-order valence-electron chi connectivity index (χ2n) is 6.99. The van der Waals surface area contributed by atoms with E-state index in [0.29, 0.717) is 21.9 Å². The van der Waals surface area contributed by atoms with Crippen molar-refractivity contribution in [1.82, 2.24) is 20.2 Å². The molecule has 0 atom stereocenters. The number of aromatic nitrogens is 4. The predicted molar refractivity (Wildman–Crippen MR) is 132 cm³/mol. The van der Waals surface area contributed by atoms with Gasteiger partial charge in [-0.05, 0) is 29.7 Å². The van der Waals surface area contributed by atoms with E-state index in [1.165, 1.54) is 23.1 Å². The highest BCUT2D eigenvalue weighted by Gasteiger charge is 2.20. The molecule has 0 aliphatic rings. The number of aromatic amines is 1. The number of benzene rings is 2. The van der Waals surface area contributed by atoms with Gasteiger partial charge in [0, 0.05) is 18.1 Å². The Morgan fingerprint density at radius 1 is 1.09 bits per heavy atom. The first-order chi connectivity index (χ1) is 15.6. The van der Waals surface area contributed by atoms with Gasteiger partial charge in [0.25, 0.3) is 0 Å². The smallest absolute Gasteiger partial charge is 0.230 e. The topological polar surface area (TPSA) is 74.8 Å². The molecule has 2 heterocycles. The minimum absolute atomic E-state index is 0.0525. The average Bonchev–Trinajstić information content (AvgIpc) is 3.47. The van der Waals surface area contributed by atoms with Crippen molar-refractivity contribution in [2.75, 3.05) is 4.90 Å². The van der Waals surface area contributed by atoms with E-state index in [0.717, 1.165) is 28.9 Å². The summed E-state index contributed by atoms with van der Waals surface area (Å²) in [6, 6.07) is 18.0. The van der Waals surface area contributed by atoms with Crippen LogP contribution in [0.5, 0.6) is 0 Å². The maximum atomic E-state index is 12.4. The number of carbonyl (C=O) groups is 1. The van der Waals surface area contributed by atoms with Gasteiger partial charge in [-0.25, -0.2) is 9.97 Å². The number of H-pyrrole nitrogens is 1. The Morgan fingerprint density at radius 3 is 2.66 bits per heavy atom. The van der Waals surface area contributed by atoms with E-state index in [-0.39, 0.29) is 5.91 Å². The Morgan fingerprint density at radius 2 is 1.88 bits per heavy atom. The van der Waals surface area contributed by atoms with Crippen molar-refractivity contribution in [2.24, 2.45) is 0 Å². The molecule has 2 aromatic heterocycles. The maximum absolute atomic E-state index is 12.4. The third-order valence-corrected chi connectivity index (χ3v) is 6.48. The van der Waals surface area contributed by atoms with Crippen molar-refractivity contribution >= 4 is 52.0 Å². The summed E-state index contributed by atoms with van der Waals surface area (Å²) in [6.45, 7) is 3.65. The Kier molecular flexibility index (Phi) is 7.14. The molecule has 4 rings (SSSR count). The molecule has 8 heteroatoms. The zero-order chi connectivity index (χ0) is 22.3. The lowest BCUT2D eigenvalue weighted by atomic mass is 10.1. The van der Waals surface area contributed by atoms with Gasteiger partial charge in [0.1, 0.15) is 5.82 Å². The molecule has 0 unspecified atom stereocenters. The van der Waals surface area contributed by atoms with Crippen LogP contribution in [-0.2, 0) is 17.0 Å². The lowest BCUT2D eigenvalue weighted by molar-refractivity contribution is -0.115. The van der Waals surface area contributed by atoms with Crippen LogP contribution < -0.4 is 4.90 Å². The molecule has 162 valence electrons. The van der Waals surface area contributed by atoms with E-state index in [2.05, 4.69) is 22.1 Å². The third kappa shape index (κ3) is 5.33. The number of nitrogens with one attached hydrogen (secondary N) is 1. The first kappa shape index (κ1) is 22.0. The van der Waals surface area contributed by atoms with Gasteiger partial charge in [0.2, 0.25) is 11.1 Å². The molecular formula is C24H23N5OS2. The SMILES string of the molecule is CCc1ccccc1N(C(C)=O)c1nc(CSc2n[nH]c(/C=C/c3ccccc3)n2)cs1. The monoisotopic (exact) mass is 461 g/mol. The standard InChI is InChI=1S/C24H23N5OS2/c1-3-19-11-7-8-12-21(19)29(17(2)30)24-25-20(16-32-24)15-31-23-26-22(27-28-23)14-13-18-9-5-4-6-10-18/h4-14,16H,3,15H2,1-2H3,(H,26,27,28)/b14-13+. The molecule has 0 bridgehead atoms. The average molecular weight is 462 g/mol. The van der Waals surface area contributed by atoms with Gasteiger partial charge in [-0.15, -0.1) is 16.4 Å². The van der Waals surface area contributed by atoms with Gasteiger partial charge < -0.3 is 0 Å². The van der Waals surface area contributed by atoms with Crippen LogP contribution in [0.25, 0.3) is 12.2 Å². The summed E-state index contributed by atoms with van der Waals surface area (Å²) in [5.41, 5.74) is 4.00. The summed E-state index contributed by atoms with van der Waals surface area (Å²) in [6.07, 6.45) is 4.75. The van der Waals surface area contributed by atoms with E-state index in [9.17, 15) is 4.79 Å². The Bertz CT molecular complexity index is 1220. The molecule has 0 saturated carbocycles. The van der Waals surface area contributed by atoms with E-state index < -0.39 is 0 Å². The highest BCUT2D eigenvalue weighted by atomic mass is 32.2. The highest BCUT2D eigenvalue weighted by Crippen LogP contribution is 2.33. The molecule has 0 spiro atoms. The fraction of sp³-hybridized carbons (Fsp3) is 0.167. The molecule has 6 nitrogen and oxygen atoms in total. The first-order valence-electron chi connectivity index (χ1n) is 10.3. The van der Waals surface area contributed by atoms with Crippen LogP contribution in [0.1, 0.15) is 36.5 Å². The summed E-state index contributed by atoms with van der Waals surface area (Å²) >= 11 is 2.97. The van der Waals surface area contributed by atoms with Gasteiger partial charge in [-0.2, -0.15) is 0 Å². The number of rotatable bonds is 8. The molecule has 2 aromatic carbocycles. The van der Waals surface area contributed by atoms with Crippen LogP contribution >= 0.6 is 23.1 Å². The number of nitrogens with zero attached hydrogens (tertiary/aromatic N) is 4. The number of carbonyl (C=O) groups excluding carboxylic acids is 1. The number of amides is 1. The van der Waals surface area contributed by atoms with Crippen molar-refractivity contribution in [3.05, 3.63) is 82.6 Å². The zero-order valence-electron chi connectivity index (χ0n) is 17.9. The molecule has 0 saturated heterocycles. The first-order valence-corrected chi connectivity index (χ1v) is 12.1. The quantitative estimate of drug-likeness (QED) is 0.327. The van der Waals surface area contributed by atoms with Crippen molar-refractivity contribution in [1.29, 1.82) is 0 Å². The van der Waals surface area contributed by atoms with Crippen LogP contribution in [0.15, 0.2) is 65.1 Å². The van der Waals surface area contributed by atoms with Crippen LogP contribution in [0, 0.1) is 0 Å². The number of para-hydroxylation sites is 1. The number of thioether (sulfide) groups is 1. The van der Waals surface area contributed by atoms with Crippen LogP contribution in [0.2, 0.25) is 0 Å². The number of thiazole rings is 1. The normalized spacial score (nSPS) is 11.2. The molecule has 0 radical (unpaired) electrons. The minimum Gasteiger partial charge on any atom is -0.274 e. The Balaban J connectivity index is 1.43. The van der Waals surface area contributed by atoms with Gasteiger partial charge in [0.05, 0.1) is 11.4 Å². The van der Waals surface area contributed by atoms with Crippen molar-refractivity contribution < 1.29 is 4.79 Å². The zero-order valence-corrected chi connectivity index (χ0v) is 19.5. The summed E-state index contributed by atoms with van der Waals surface area (Å²) in [5, 5.41) is 10.5. The van der Waals surface area contributed by atoms with E-state index in [4.69, 9.17) is 4.98 Å². The van der Waals surface area contributed by atoms with Gasteiger partial charge in [-0.3, -0.25) is 14.8 Å². The summed E-state index contributed by atoms with van der Waals surface area (Å²) < 4.78 is 0. The molecule has 4 aromatic rings. The van der Waals surface area contributed by atoms with Crippen LogP contribution in [0.4, 0.5) is 10.8 Å². The van der Waals surface area contributed by atoms with E-state index in [1.54, 1.807) is 11.8 Å². The van der Waals surface area contributed by atoms with Crippen molar-refractivity contribution in [2.45, 2.75) is 31.2 Å². The van der Waals surface area contributed by atoms with E-state index >= 15 is 0 Å². The molecule has 1 amide bonds. The summed E-state index contributed by atoms with van der Waals surface area (Å²) in [4.78, 5) is 23.3. The largest absolute Gasteiger partial charge is 0.274 e. The van der Waals surface area contributed by atoms with E-state index in [1.807, 2.05) is 72.1 Å². The third-order valence-electron chi connectivity index (χ3n) is 4.72. The summed E-state index contributed by atoms with van der Waals surface area (Å²) in [5.74, 6) is 1.27. The van der Waals surface area contributed by atoms with Crippen LogP contribution in [-0.4, -0.2) is 26.1 Å². The number of hydrogen-bond acceptors (Lipinski definition) is 6. The summed E-state index contributed by atoms with van der Waals surface area (Å²) in [7, 11) is 0. The molecule has 0 aliphatic carbocycles. The molecule has 32 heavy (non-hydrogen) atoms. The Labute approximate surface area is 195 Å². The fourth-order valence-electron chi connectivity index (χ4n) is 3.18. The van der Waals surface area contributed by atoms with Crippen LogP contribution in [0.3, 0.4) is 0 Å². The molecule has 0 fully saturated rings. The van der Waals surface area contributed by atoms with Gasteiger partial charge >= 0.3 is 0 Å². The Hall–Kier alpha value is -3.23. The highest BCUT2D eigenvalue weighted by molar-refractivity contribution is 7.98. The molecule has 1 N–H and O–H groups in total. The second kappa shape index (κ2) is 10.4. The van der Waals surface area contributed by atoms with Gasteiger partial charge in [-0.1, -0.05) is 73.3 Å².